The molecule has 0 saturated heterocycles. The molecule has 0 aliphatic heterocycles. The Labute approximate surface area is 108 Å². The number of aryl methyl sites for hydroxylation is 1. The summed E-state index contributed by atoms with van der Waals surface area (Å²) in [4.78, 5) is 10.2. The normalized spacial score (nSPS) is 10.5. The zero-order valence-electron chi connectivity index (χ0n) is 9.49. The molecule has 2 rings (SSSR count). The minimum absolute atomic E-state index is 0.0774. The van der Waals surface area contributed by atoms with E-state index in [-0.39, 0.29) is 5.69 Å². The molecule has 1 heterocycles. The van der Waals surface area contributed by atoms with Crippen LogP contribution in [-0.4, -0.2) is 25.8 Å². The van der Waals surface area contributed by atoms with Crippen LogP contribution in [0.4, 0.5) is 5.69 Å². The van der Waals surface area contributed by atoms with Crippen LogP contribution >= 0.6 is 11.6 Å². The lowest BCUT2D eigenvalue weighted by atomic mass is 10.2. The van der Waals surface area contributed by atoms with Crippen LogP contribution in [0.25, 0.3) is 0 Å². The first-order valence-corrected chi connectivity index (χ1v) is 5.91. The number of nitro groups is 1. The molecule has 94 valence electrons. The van der Waals surface area contributed by atoms with Crippen LogP contribution in [0.15, 0.2) is 30.5 Å². The van der Waals surface area contributed by atoms with Gasteiger partial charge in [0.15, 0.2) is 0 Å². The highest BCUT2D eigenvalue weighted by Crippen LogP contribution is 2.13. The third kappa shape index (κ3) is 3.04. The number of non-ortho nitro benzene ring substituents is 1. The minimum Gasteiger partial charge on any atom is -0.258 e. The lowest BCUT2D eigenvalue weighted by Gasteiger charge is -2.00. The lowest BCUT2D eigenvalue weighted by Crippen LogP contribution is -2.01. The lowest BCUT2D eigenvalue weighted by molar-refractivity contribution is -0.384. The van der Waals surface area contributed by atoms with Gasteiger partial charge in [0.25, 0.3) is 5.69 Å². The summed E-state index contributed by atoms with van der Waals surface area (Å²) in [6, 6.07) is 6.46. The van der Waals surface area contributed by atoms with Crippen LogP contribution in [-0.2, 0) is 13.0 Å². The summed E-state index contributed by atoms with van der Waals surface area (Å²) in [6.07, 6.45) is 2.46. The minimum atomic E-state index is -0.413. The van der Waals surface area contributed by atoms with E-state index in [0.29, 0.717) is 18.8 Å². The molecular weight excluding hydrogens is 256 g/mol. The van der Waals surface area contributed by atoms with Gasteiger partial charge in [-0.1, -0.05) is 17.3 Å². The topological polar surface area (TPSA) is 73.8 Å². The van der Waals surface area contributed by atoms with Gasteiger partial charge < -0.3 is 0 Å². The molecule has 0 amide bonds. The summed E-state index contributed by atoms with van der Waals surface area (Å²) in [6.45, 7) is 0.455. The monoisotopic (exact) mass is 266 g/mol. The Morgan fingerprint density at radius 3 is 3.00 bits per heavy atom. The first-order chi connectivity index (χ1) is 8.69. The molecule has 0 unspecified atom stereocenters. The van der Waals surface area contributed by atoms with Gasteiger partial charge in [0.1, 0.15) is 0 Å². The Morgan fingerprint density at radius 1 is 1.44 bits per heavy atom. The van der Waals surface area contributed by atoms with Crippen molar-refractivity contribution in [1.29, 1.82) is 0 Å². The molecule has 2 aromatic rings. The van der Waals surface area contributed by atoms with Crippen LogP contribution in [0.2, 0.25) is 0 Å². The third-order valence-electron chi connectivity index (χ3n) is 2.40. The van der Waals surface area contributed by atoms with E-state index in [2.05, 4.69) is 10.3 Å². The van der Waals surface area contributed by atoms with Crippen molar-refractivity contribution in [3.8, 4) is 0 Å². The van der Waals surface area contributed by atoms with Crippen molar-refractivity contribution in [3.63, 3.8) is 0 Å². The number of nitro benzene ring substituents is 1. The Hall–Kier alpha value is -1.95. The van der Waals surface area contributed by atoms with E-state index in [4.69, 9.17) is 11.6 Å². The smallest absolute Gasteiger partial charge is 0.258 e. The van der Waals surface area contributed by atoms with Crippen molar-refractivity contribution in [2.75, 3.05) is 5.88 Å². The first kappa shape index (κ1) is 12.5. The number of halogens is 1. The van der Waals surface area contributed by atoms with E-state index >= 15 is 0 Å². The summed E-state index contributed by atoms with van der Waals surface area (Å²) in [5, 5.41) is 18.5. The predicted molar refractivity (Wildman–Crippen MR) is 66.6 cm³/mol. The summed E-state index contributed by atoms with van der Waals surface area (Å²) >= 11 is 5.61. The molecule has 0 saturated carbocycles. The van der Waals surface area contributed by atoms with E-state index in [1.165, 1.54) is 12.1 Å². The number of rotatable bonds is 5. The second-order valence-corrected chi connectivity index (χ2v) is 4.15. The number of alkyl halides is 1. The largest absolute Gasteiger partial charge is 0.269 e. The molecule has 7 heteroatoms. The van der Waals surface area contributed by atoms with Crippen LogP contribution in [0, 0.1) is 10.1 Å². The second-order valence-electron chi connectivity index (χ2n) is 3.77. The van der Waals surface area contributed by atoms with Gasteiger partial charge in [-0.3, -0.25) is 10.1 Å². The summed E-state index contributed by atoms with van der Waals surface area (Å²) < 4.78 is 1.64. The van der Waals surface area contributed by atoms with Crippen LogP contribution < -0.4 is 0 Å². The van der Waals surface area contributed by atoms with Gasteiger partial charge in [-0.25, -0.2) is 4.68 Å². The molecule has 1 aromatic carbocycles. The van der Waals surface area contributed by atoms with Gasteiger partial charge in [0.05, 0.1) is 17.2 Å². The SMILES string of the molecule is O=[N+]([O-])c1cccc(Cn2cc(CCCl)nn2)c1. The average molecular weight is 267 g/mol. The molecule has 6 nitrogen and oxygen atoms in total. The fourth-order valence-corrected chi connectivity index (χ4v) is 1.78. The average Bonchev–Trinajstić information content (AvgIpc) is 2.77. The van der Waals surface area contributed by atoms with Gasteiger partial charge in [0, 0.05) is 30.6 Å². The fraction of sp³-hybridized carbons (Fsp3) is 0.273. The van der Waals surface area contributed by atoms with Gasteiger partial charge in [-0.05, 0) is 5.56 Å². The fourth-order valence-electron chi connectivity index (χ4n) is 1.58. The Bertz CT molecular complexity index is 555. The van der Waals surface area contributed by atoms with Crippen molar-refractivity contribution in [2.24, 2.45) is 0 Å². The number of hydrogen-bond acceptors (Lipinski definition) is 4. The van der Waals surface area contributed by atoms with E-state index in [1.54, 1.807) is 16.9 Å². The van der Waals surface area contributed by atoms with E-state index < -0.39 is 4.92 Å². The second kappa shape index (κ2) is 5.59. The maximum Gasteiger partial charge on any atom is 0.269 e. The van der Waals surface area contributed by atoms with Crippen molar-refractivity contribution in [2.45, 2.75) is 13.0 Å². The van der Waals surface area contributed by atoms with Crippen molar-refractivity contribution in [1.82, 2.24) is 15.0 Å². The molecule has 0 fully saturated rings. The van der Waals surface area contributed by atoms with Gasteiger partial charge in [-0.2, -0.15) is 0 Å². The third-order valence-corrected chi connectivity index (χ3v) is 2.59. The van der Waals surface area contributed by atoms with Gasteiger partial charge in [0.2, 0.25) is 0 Å². The first-order valence-electron chi connectivity index (χ1n) is 5.37. The summed E-state index contributed by atoms with van der Waals surface area (Å²) in [7, 11) is 0. The van der Waals surface area contributed by atoms with Crippen molar-refractivity contribution in [3.05, 3.63) is 51.8 Å². The molecule has 18 heavy (non-hydrogen) atoms. The summed E-state index contributed by atoms with van der Waals surface area (Å²) in [5.41, 5.74) is 1.70. The molecule has 0 bridgehead atoms. The molecule has 0 spiro atoms. The highest BCUT2D eigenvalue weighted by atomic mass is 35.5. The molecule has 0 aliphatic carbocycles. The van der Waals surface area contributed by atoms with Crippen LogP contribution in [0.1, 0.15) is 11.3 Å². The number of hydrogen-bond donors (Lipinski definition) is 0. The maximum atomic E-state index is 10.7. The number of nitrogens with zero attached hydrogens (tertiary/aromatic N) is 4. The van der Waals surface area contributed by atoms with Gasteiger partial charge >= 0.3 is 0 Å². The molecule has 0 N–H and O–H groups in total. The Morgan fingerprint density at radius 2 is 2.28 bits per heavy atom. The van der Waals surface area contributed by atoms with Gasteiger partial charge in [-0.15, -0.1) is 16.7 Å². The van der Waals surface area contributed by atoms with Crippen LogP contribution in [0.3, 0.4) is 0 Å². The molecular formula is C11H11ClN4O2. The van der Waals surface area contributed by atoms with Crippen LogP contribution in [0.5, 0.6) is 0 Å². The molecule has 0 atom stereocenters. The standard InChI is InChI=1S/C11H11ClN4O2/c12-5-4-10-8-15(14-13-10)7-9-2-1-3-11(6-9)16(17)18/h1-3,6,8H,4-5,7H2. The number of benzene rings is 1. The molecule has 0 aliphatic rings. The van der Waals surface area contributed by atoms with E-state index in [9.17, 15) is 10.1 Å². The maximum absolute atomic E-state index is 10.7. The number of aromatic nitrogens is 3. The Kier molecular flexibility index (Phi) is 3.88. The van der Waals surface area contributed by atoms with Crippen molar-refractivity contribution < 1.29 is 4.92 Å². The zero-order chi connectivity index (χ0) is 13.0. The molecule has 1 aromatic heterocycles. The zero-order valence-corrected chi connectivity index (χ0v) is 10.2. The quantitative estimate of drug-likeness (QED) is 0.471. The van der Waals surface area contributed by atoms with E-state index in [1.807, 2.05) is 6.07 Å². The predicted octanol–water partition coefficient (Wildman–Crippen LogP) is 2.02. The van der Waals surface area contributed by atoms with E-state index in [0.717, 1.165) is 11.3 Å². The Balaban J connectivity index is 2.12. The van der Waals surface area contributed by atoms with Crippen molar-refractivity contribution >= 4 is 17.3 Å². The highest BCUT2D eigenvalue weighted by Gasteiger charge is 2.07. The molecule has 0 radical (unpaired) electrons. The highest BCUT2D eigenvalue weighted by molar-refractivity contribution is 6.17. The summed E-state index contributed by atoms with van der Waals surface area (Å²) in [5.74, 6) is 0.496.